The molecule has 1 atom stereocenters. The van der Waals surface area contributed by atoms with Gasteiger partial charge in [-0.1, -0.05) is 18.6 Å². The van der Waals surface area contributed by atoms with E-state index < -0.39 is 10.0 Å². The van der Waals surface area contributed by atoms with E-state index in [4.69, 9.17) is 10.5 Å². The minimum atomic E-state index is -3.50. The van der Waals surface area contributed by atoms with Gasteiger partial charge in [-0.25, -0.2) is 8.42 Å². The molecule has 3 rings (SSSR count). The number of nitrogens with zero attached hydrogens (tertiary/aromatic N) is 2. The first kappa shape index (κ1) is 19.3. The summed E-state index contributed by atoms with van der Waals surface area (Å²) in [6.45, 7) is 3.17. The van der Waals surface area contributed by atoms with E-state index >= 15 is 0 Å². The standard InChI is InChI=1S/C18H27N3O4S/c19-18(22)13-16-5-1-2-7-20(16)14-15-4-3-6-17(12-15)26(23,24)21-8-10-25-11-9-21/h3-4,6,12,16H,1-2,5,7-11,13-14H2,(H2,19,22)/t16-/m1/s1. The Bertz CT molecular complexity index is 732. The van der Waals surface area contributed by atoms with Crippen LogP contribution < -0.4 is 5.73 Å². The van der Waals surface area contributed by atoms with Crippen molar-refractivity contribution in [3.05, 3.63) is 29.8 Å². The van der Waals surface area contributed by atoms with Gasteiger partial charge in [0, 0.05) is 32.1 Å². The van der Waals surface area contributed by atoms with E-state index in [0.29, 0.717) is 44.2 Å². The molecule has 0 bridgehead atoms. The highest BCUT2D eigenvalue weighted by Gasteiger charge is 2.27. The largest absolute Gasteiger partial charge is 0.379 e. The summed E-state index contributed by atoms with van der Waals surface area (Å²) in [6, 6.07) is 7.26. The molecule has 8 heteroatoms. The first-order chi connectivity index (χ1) is 12.5. The van der Waals surface area contributed by atoms with Crippen molar-refractivity contribution in [1.82, 2.24) is 9.21 Å². The summed E-state index contributed by atoms with van der Waals surface area (Å²) in [5.41, 5.74) is 6.32. The van der Waals surface area contributed by atoms with E-state index in [1.54, 1.807) is 18.2 Å². The molecule has 2 N–H and O–H groups in total. The number of rotatable bonds is 6. The molecule has 0 radical (unpaired) electrons. The highest BCUT2D eigenvalue weighted by molar-refractivity contribution is 7.89. The number of hydrogen-bond donors (Lipinski definition) is 1. The van der Waals surface area contributed by atoms with Gasteiger partial charge in [0.2, 0.25) is 15.9 Å². The Balaban J connectivity index is 1.75. The van der Waals surface area contributed by atoms with Gasteiger partial charge in [-0.3, -0.25) is 9.69 Å². The van der Waals surface area contributed by atoms with Crippen LogP contribution >= 0.6 is 0 Å². The molecule has 0 spiro atoms. The Kier molecular flexibility index (Phi) is 6.29. The Hall–Kier alpha value is -1.48. The van der Waals surface area contributed by atoms with Gasteiger partial charge in [0.1, 0.15) is 0 Å². The number of primary amides is 1. The lowest BCUT2D eigenvalue weighted by Gasteiger charge is -2.35. The van der Waals surface area contributed by atoms with Gasteiger partial charge in [-0.2, -0.15) is 4.31 Å². The molecule has 2 saturated heterocycles. The van der Waals surface area contributed by atoms with Crippen molar-refractivity contribution >= 4 is 15.9 Å². The zero-order chi connectivity index (χ0) is 18.6. The van der Waals surface area contributed by atoms with Crippen LogP contribution in [0.1, 0.15) is 31.2 Å². The third kappa shape index (κ3) is 4.62. The van der Waals surface area contributed by atoms with Gasteiger partial charge >= 0.3 is 0 Å². The molecule has 144 valence electrons. The van der Waals surface area contributed by atoms with Gasteiger partial charge in [-0.15, -0.1) is 0 Å². The van der Waals surface area contributed by atoms with Crippen molar-refractivity contribution in [2.24, 2.45) is 5.73 Å². The number of carbonyl (C=O) groups is 1. The topological polar surface area (TPSA) is 92.9 Å². The van der Waals surface area contributed by atoms with Crippen LogP contribution in [0.15, 0.2) is 29.2 Å². The lowest BCUT2D eigenvalue weighted by molar-refractivity contribution is -0.119. The van der Waals surface area contributed by atoms with Crippen molar-refractivity contribution in [2.45, 2.75) is 43.2 Å². The number of piperidine rings is 1. The fourth-order valence-corrected chi connectivity index (χ4v) is 5.19. The first-order valence-corrected chi connectivity index (χ1v) is 10.6. The number of benzene rings is 1. The second-order valence-electron chi connectivity index (χ2n) is 6.95. The predicted octanol–water partition coefficient (Wildman–Crippen LogP) is 0.937. The molecule has 7 nitrogen and oxygen atoms in total. The van der Waals surface area contributed by atoms with Crippen LogP contribution in [-0.2, 0) is 26.1 Å². The Morgan fingerprint density at radius 1 is 1.19 bits per heavy atom. The number of sulfonamides is 1. The summed E-state index contributed by atoms with van der Waals surface area (Å²) in [5.74, 6) is -0.287. The zero-order valence-corrected chi connectivity index (χ0v) is 15.8. The van der Waals surface area contributed by atoms with Crippen molar-refractivity contribution in [3.8, 4) is 0 Å². The number of morpholine rings is 1. The maximum Gasteiger partial charge on any atom is 0.243 e. The van der Waals surface area contributed by atoms with Crippen LogP contribution in [0.25, 0.3) is 0 Å². The second-order valence-corrected chi connectivity index (χ2v) is 8.89. The number of nitrogens with two attached hydrogens (primary N) is 1. The van der Waals surface area contributed by atoms with E-state index in [9.17, 15) is 13.2 Å². The number of likely N-dealkylation sites (tertiary alicyclic amines) is 1. The van der Waals surface area contributed by atoms with Gasteiger partial charge in [-0.05, 0) is 37.1 Å². The molecule has 2 fully saturated rings. The van der Waals surface area contributed by atoms with Crippen molar-refractivity contribution in [3.63, 3.8) is 0 Å². The summed E-state index contributed by atoms with van der Waals surface area (Å²) >= 11 is 0. The lowest BCUT2D eigenvalue weighted by atomic mass is 9.98. The molecule has 2 heterocycles. The van der Waals surface area contributed by atoms with E-state index in [2.05, 4.69) is 4.90 Å². The van der Waals surface area contributed by atoms with Crippen LogP contribution in [0.5, 0.6) is 0 Å². The third-order valence-corrected chi connectivity index (χ3v) is 6.97. The van der Waals surface area contributed by atoms with Gasteiger partial charge in [0.15, 0.2) is 0 Å². The molecule has 0 unspecified atom stereocenters. The number of hydrogen-bond acceptors (Lipinski definition) is 5. The molecule has 2 aliphatic heterocycles. The van der Waals surface area contributed by atoms with Crippen LogP contribution in [0.4, 0.5) is 0 Å². The molecule has 0 aromatic heterocycles. The highest BCUT2D eigenvalue weighted by atomic mass is 32.2. The molecule has 1 aromatic carbocycles. The summed E-state index contributed by atoms with van der Waals surface area (Å²) in [4.78, 5) is 13.9. The van der Waals surface area contributed by atoms with Gasteiger partial charge in [0.05, 0.1) is 18.1 Å². The monoisotopic (exact) mass is 381 g/mol. The number of carbonyl (C=O) groups excluding carboxylic acids is 1. The quantitative estimate of drug-likeness (QED) is 0.792. The number of ether oxygens (including phenoxy) is 1. The van der Waals surface area contributed by atoms with Crippen molar-refractivity contribution < 1.29 is 17.9 Å². The van der Waals surface area contributed by atoms with Crippen LogP contribution in [-0.4, -0.2) is 62.4 Å². The summed E-state index contributed by atoms with van der Waals surface area (Å²) in [6.07, 6.45) is 3.49. The maximum atomic E-state index is 12.8. The van der Waals surface area contributed by atoms with Crippen LogP contribution in [0.2, 0.25) is 0 Å². The normalized spacial score (nSPS) is 23.0. The van der Waals surface area contributed by atoms with Crippen molar-refractivity contribution in [2.75, 3.05) is 32.8 Å². The smallest absolute Gasteiger partial charge is 0.243 e. The Morgan fingerprint density at radius 2 is 1.96 bits per heavy atom. The highest BCUT2D eigenvalue weighted by Crippen LogP contribution is 2.24. The number of amides is 1. The molecule has 0 aliphatic carbocycles. The Morgan fingerprint density at radius 3 is 2.69 bits per heavy atom. The second kappa shape index (κ2) is 8.47. The average Bonchev–Trinajstić information content (AvgIpc) is 2.64. The summed E-state index contributed by atoms with van der Waals surface area (Å²) in [7, 11) is -3.50. The van der Waals surface area contributed by atoms with Crippen LogP contribution in [0.3, 0.4) is 0 Å². The van der Waals surface area contributed by atoms with Crippen molar-refractivity contribution in [1.29, 1.82) is 0 Å². The Labute approximate surface area is 155 Å². The molecule has 26 heavy (non-hydrogen) atoms. The van der Waals surface area contributed by atoms with E-state index in [-0.39, 0.29) is 11.9 Å². The minimum Gasteiger partial charge on any atom is -0.379 e. The third-order valence-electron chi connectivity index (χ3n) is 5.08. The minimum absolute atomic E-state index is 0.140. The van der Waals surface area contributed by atoms with E-state index in [0.717, 1.165) is 31.4 Å². The summed E-state index contributed by atoms with van der Waals surface area (Å²) < 4.78 is 32.4. The lowest BCUT2D eigenvalue weighted by Crippen LogP contribution is -2.41. The molecule has 1 amide bonds. The summed E-state index contributed by atoms with van der Waals surface area (Å²) in [5, 5.41) is 0. The van der Waals surface area contributed by atoms with Gasteiger partial charge < -0.3 is 10.5 Å². The molecule has 1 aromatic rings. The SMILES string of the molecule is NC(=O)C[C@H]1CCCCN1Cc1cccc(S(=O)(=O)N2CCOCC2)c1. The maximum absolute atomic E-state index is 12.8. The average molecular weight is 381 g/mol. The molecular weight excluding hydrogens is 354 g/mol. The van der Waals surface area contributed by atoms with E-state index in [1.807, 2.05) is 6.07 Å². The van der Waals surface area contributed by atoms with Crippen LogP contribution in [0, 0.1) is 0 Å². The molecular formula is C18H27N3O4S. The molecule has 2 aliphatic rings. The fourth-order valence-electron chi connectivity index (χ4n) is 3.71. The van der Waals surface area contributed by atoms with Gasteiger partial charge in [0.25, 0.3) is 0 Å². The molecule has 0 saturated carbocycles. The zero-order valence-electron chi connectivity index (χ0n) is 15.0. The first-order valence-electron chi connectivity index (χ1n) is 9.16. The van der Waals surface area contributed by atoms with E-state index in [1.165, 1.54) is 4.31 Å². The predicted molar refractivity (Wildman–Crippen MR) is 97.9 cm³/mol. The fraction of sp³-hybridized carbons (Fsp3) is 0.611.